The minimum absolute atomic E-state index is 0.233. The maximum atomic E-state index is 12.1. The molecule has 0 bridgehead atoms. The van der Waals surface area contributed by atoms with Gasteiger partial charge in [0.2, 0.25) is 0 Å². The van der Waals surface area contributed by atoms with E-state index in [1.54, 1.807) is 18.2 Å². The number of unbranched alkanes of at least 4 members (excludes halogenated alkanes) is 6. The highest BCUT2D eigenvalue weighted by molar-refractivity contribution is 5.73. The molecular weight excluding hydrogens is 366 g/mol. The maximum absolute atomic E-state index is 12.1. The van der Waals surface area contributed by atoms with Crippen LogP contribution in [0.2, 0.25) is 0 Å². The number of nitrogens with zero attached hydrogens (tertiary/aromatic N) is 1. The molecule has 5 heteroatoms. The molecule has 0 unspecified atom stereocenters. The van der Waals surface area contributed by atoms with Crippen molar-refractivity contribution in [1.82, 2.24) is 0 Å². The first kappa shape index (κ1) is 22.2. The molecule has 29 heavy (non-hydrogen) atoms. The number of carboxylic acid groups (broad SMARTS) is 1. The van der Waals surface area contributed by atoms with E-state index in [1.165, 1.54) is 0 Å². The number of aliphatic carboxylic acids is 1. The highest BCUT2D eigenvalue weighted by Gasteiger charge is 2.07. The fourth-order valence-corrected chi connectivity index (χ4v) is 3.09. The van der Waals surface area contributed by atoms with Crippen molar-refractivity contribution in [2.24, 2.45) is 0 Å². The average molecular weight is 393 g/mol. The van der Waals surface area contributed by atoms with Gasteiger partial charge in [-0.25, -0.2) is 0 Å². The Bertz CT molecular complexity index is 837. The Morgan fingerprint density at radius 2 is 1.45 bits per heavy atom. The van der Waals surface area contributed by atoms with Crippen molar-refractivity contribution in [2.45, 2.75) is 57.8 Å². The molecule has 1 N–H and O–H groups in total. The van der Waals surface area contributed by atoms with Gasteiger partial charge in [-0.3, -0.25) is 9.59 Å². The monoisotopic (exact) mass is 393 g/mol. The number of hydrogen-bond acceptors (Lipinski definition) is 4. The lowest BCUT2D eigenvalue weighted by molar-refractivity contribution is -0.137. The molecule has 0 aliphatic rings. The van der Waals surface area contributed by atoms with Crippen LogP contribution in [-0.4, -0.2) is 17.0 Å². The van der Waals surface area contributed by atoms with E-state index in [4.69, 9.17) is 15.1 Å². The molecule has 2 rings (SSSR count). The first-order valence-corrected chi connectivity index (χ1v) is 10.1. The zero-order valence-electron chi connectivity index (χ0n) is 16.6. The van der Waals surface area contributed by atoms with E-state index in [9.17, 15) is 9.59 Å². The highest BCUT2D eigenvalue weighted by atomic mass is 16.5. The molecule has 0 radical (unpaired) electrons. The molecule has 2 aromatic carbocycles. The van der Waals surface area contributed by atoms with Crippen LogP contribution in [0.5, 0.6) is 5.75 Å². The minimum Gasteiger partial charge on any atom is -0.481 e. The molecule has 0 amide bonds. The van der Waals surface area contributed by atoms with Crippen LogP contribution in [0.3, 0.4) is 0 Å². The summed E-state index contributed by atoms with van der Waals surface area (Å²) in [5.74, 6) is -0.440. The molecule has 0 saturated heterocycles. The number of nitriles is 1. The SMILES string of the molecule is N#Cc1ccc(-c2cccc(OC(=O)CCCCCCCCCC(=O)O)c2)cc1. The topological polar surface area (TPSA) is 87.4 Å². The summed E-state index contributed by atoms with van der Waals surface area (Å²) in [6.45, 7) is 0. The summed E-state index contributed by atoms with van der Waals surface area (Å²) in [5, 5.41) is 17.5. The number of carbonyl (C=O) groups excluding carboxylic acids is 1. The minimum atomic E-state index is -0.731. The number of carboxylic acids is 1. The van der Waals surface area contributed by atoms with Crippen LogP contribution in [0, 0.1) is 11.3 Å². The molecule has 5 nitrogen and oxygen atoms in total. The summed E-state index contributed by atoms with van der Waals surface area (Å²) in [7, 11) is 0. The Balaban J connectivity index is 1.67. The van der Waals surface area contributed by atoms with Gasteiger partial charge < -0.3 is 9.84 Å². The number of benzene rings is 2. The van der Waals surface area contributed by atoms with Gasteiger partial charge in [0.1, 0.15) is 5.75 Å². The van der Waals surface area contributed by atoms with Gasteiger partial charge in [-0.15, -0.1) is 0 Å². The van der Waals surface area contributed by atoms with Crippen molar-refractivity contribution < 1.29 is 19.4 Å². The summed E-state index contributed by atoms with van der Waals surface area (Å²) >= 11 is 0. The standard InChI is InChI=1S/C24H27NO4/c25-18-19-13-15-20(16-14-19)21-9-8-10-22(17-21)29-24(28)12-7-5-3-1-2-4-6-11-23(26)27/h8-10,13-17H,1-7,11-12H2,(H,26,27). The van der Waals surface area contributed by atoms with E-state index in [1.807, 2.05) is 30.3 Å². The molecule has 0 spiro atoms. The second kappa shape index (κ2) is 12.4. The van der Waals surface area contributed by atoms with Crippen LogP contribution >= 0.6 is 0 Å². The van der Waals surface area contributed by atoms with E-state index in [0.717, 1.165) is 56.1 Å². The fraction of sp³-hybridized carbons (Fsp3) is 0.375. The van der Waals surface area contributed by atoms with Crippen molar-refractivity contribution in [3.05, 3.63) is 54.1 Å². The molecule has 0 saturated carbocycles. The van der Waals surface area contributed by atoms with Gasteiger partial charge in [0.05, 0.1) is 11.6 Å². The number of esters is 1. The van der Waals surface area contributed by atoms with Gasteiger partial charge >= 0.3 is 11.9 Å². The fourth-order valence-electron chi connectivity index (χ4n) is 3.09. The number of hydrogen-bond donors (Lipinski definition) is 1. The largest absolute Gasteiger partial charge is 0.481 e. The molecule has 0 fully saturated rings. The van der Waals surface area contributed by atoms with Crippen LogP contribution < -0.4 is 4.74 Å². The lowest BCUT2D eigenvalue weighted by atomic mass is 10.0. The van der Waals surface area contributed by atoms with Gasteiger partial charge in [0.15, 0.2) is 0 Å². The molecule has 0 aliphatic carbocycles. The second-order valence-electron chi connectivity index (χ2n) is 7.06. The average Bonchev–Trinajstić information content (AvgIpc) is 2.72. The Morgan fingerprint density at radius 1 is 0.828 bits per heavy atom. The summed E-state index contributed by atoms with van der Waals surface area (Å²) in [5.41, 5.74) is 2.50. The third-order valence-electron chi connectivity index (χ3n) is 4.68. The van der Waals surface area contributed by atoms with Crippen molar-refractivity contribution in [1.29, 1.82) is 5.26 Å². The molecule has 2 aromatic rings. The van der Waals surface area contributed by atoms with Crippen molar-refractivity contribution in [3.63, 3.8) is 0 Å². The number of carbonyl (C=O) groups is 2. The van der Waals surface area contributed by atoms with Crippen molar-refractivity contribution in [3.8, 4) is 22.9 Å². The van der Waals surface area contributed by atoms with E-state index < -0.39 is 5.97 Å². The van der Waals surface area contributed by atoms with Crippen molar-refractivity contribution in [2.75, 3.05) is 0 Å². The lowest BCUT2D eigenvalue weighted by Crippen LogP contribution is -2.07. The molecule has 0 aliphatic heterocycles. The van der Waals surface area contributed by atoms with E-state index in [2.05, 4.69) is 6.07 Å². The van der Waals surface area contributed by atoms with E-state index in [0.29, 0.717) is 17.7 Å². The first-order chi connectivity index (χ1) is 14.1. The van der Waals surface area contributed by atoms with Gasteiger partial charge in [-0.05, 0) is 48.2 Å². The highest BCUT2D eigenvalue weighted by Crippen LogP contribution is 2.24. The van der Waals surface area contributed by atoms with Crippen LogP contribution in [0.25, 0.3) is 11.1 Å². The Labute approximate surface area is 171 Å². The van der Waals surface area contributed by atoms with E-state index in [-0.39, 0.29) is 12.4 Å². The zero-order chi connectivity index (χ0) is 20.9. The third kappa shape index (κ3) is 8.61. The van der Waals surface area contributed by atoms with Crippen LogP contribution in [0.15, 0.2) is 48.5 Å². The van der Waals surface area contributed by atoms with Gasteiger partial charge in [-0.1, -0.05) is 56.4 Å². The lowest BCUT2D eigenvalue weighted by Gasteiger charge is -2.07. The maximum Gasteiger partial charge on any atom is 0.311 e. The number of rotatable bonds is 12. The van der Waals surface area contributed by atoms with Gasteiger partial charge in [-0.2, -0.15) is 5.26 Å². The summed E-state index contributed by atoms with van der Waals surface area (Å²) < 4.78 is 5.46. The van der Waals surface area contributed by atoms with E-state index >= 15 is 0 Å². The molecule has 0 heterocycles. The molecule has 152 valence electrons. The Hall–Kier alpha value is -3.13. The summed E-state index contributed by atoms with van der Waals surface area (Å²) in [6.07, 6.45) is 7.25. The Kier molecular flexibility index (Phi) is 9.44. The predicted molar refractivity (Wildman–Crippen MR) is 111 cm³/mol. The second-order valence-corrected chi connectivity index (χ2v) is 7.06. The Morgan fingerprint density at radius 3 is 2.07 bits per heavy atom. The third-order valence-corrected chi connectivity index (χ3v) is 4.68. The summed E-state index contributed by atoms with van der Waals surface area (Å²) in [4.78, 5) is 22.5. The van der Waals surface area contributed by atoms with Gasteiger partial charge in [0, 0.05) is 12.8 Å². The summed E-state index contributed by atoms with van der Waals surface area (Å²) in [6, 6.07) is 16.8. The molecular formula is C24H27NO4. The number of ether oxygens (including phenoxy) is 1. The predicted octanol–water partition coefficient (Wildman–Crippen LogP) is 5.73. The quantitative estimate of drug-likeness (QED) is 0.283. The smallest absolute Gasteiger partial charge is 0.311 e. The zero-order valence-corrected chi connectivity index (χ0v) is 16.6. The first-order valence-electron chi connectivity index (χ1n) is 10.1. The van der Waals surface area contributed by atoms with Crippen LogP contribution in [-0.2, 0) is 9.59 Å². The molecule has 0 atom stereocenters. The van der Waals surface area contributed by atoms with Crippen LogP contribution in [0.1, 0.15) is 63.4 Å². The molecule has 0 aromatic heterocycles. The van der Waals surface area contributed by atoms with Gasteiger partial charge in [0.25, 0.3) is 0 Å². The van der Waals surface area contributed by atoms with Crippen LogP contribution in [0.4, 0.5) is 0 Å². The normalized spacial score (nSPS) is 10.3. The van der Waals surface area contributed by atoms with Crippen molar-refractivity contribution >= 4 is 11.9 Å².